The Labute approximate surface area is 176 Å². The van der Waals surface area contributed by atoms with Crippen molar-refractivity contribution in [1.29, 1.82) is 0 Å². The van der Waals surface area contributed by atoms with Crippen molar-refractivity contribution in [3.63, 3.8) is 0 Å². The summed E-state index contributed by atoms with van der Waals surface area (Å²) in [5.41, 5.74) is 5.23. The molecular formula is C24H24ClNO3. The van der Waals surface area contributed by atoms with Crippen LogP contribution < -0.4 is 14.8 Å². The van der Waals surface area contributed by atoms with E-state index in [0.29, 0.717) is 22.9 Å². The molecule has 3 rings (SSSR count). The number of carbonyl (C=O) groups is 1. The van der Waals surface area contributed by atoms with E-state index >= 15 is 0 Å². The summed E-state index contributed by atoms with van der Waals surface area (Å²) in [4.78, 5) is 12.7. The minimum absolute atomic E-state index is 0.203. The molecule has 0 saturated heterocycles. The number of halogens is 1. The lowest BCUT2D eigenvalue weighted by molar-refractivity contribution is 0.102. The molecule has 3 aromatic rings. The zero-order valence-corrected chi connectivity index (χ0v) is 17.8. The second-order valence-electron chi connectivity index (χ2n) is 7.05. The molecule has 0 aliphatic carbocycles. The Kier molecular flexibility index (Phi) is 6.45. The standard InChI is InChI=1S/C24H24ClNO3/c1-15-9-16(2)11-21(10-15)29-14-19-13-18(5-8-23(19)28-4)24(27)26-22-7-6-20(25)12-17(22)3/h5-13H,14H2,1-4H3,(H,26,27). The Balaban J connectivity index is 1.79. The predicted octanol–water partition coefficient (Wildman–Crippen LogP) is 6.11. The molecule has 1 N–H and O–H groups in total. The Hall–Kier alpha value is -2.98. The van der Waals surface area contributed by atoms with Gasteiger partial charge in [-0.25, -0.2) is 0 Å². The smallest absolute Gasteiger partial charge is 0.255 e. The van der Waals surface area contributed by atoms with Crippen LogP contribution in [0.5, 0.6) is 11.5 Å². The predicted molar refractivity (Wildman–Crippen MR) is 117 cm³/mol. The number of nitrogens with one attached hydrogen (secondary N) is 1. The van der Waals surface area contributed by atoms with Crippen molar-refractivity contribution < 1.29 is 14.3 Å². The lowest BCUT2D eigenvalue weighted by Gasteiger charge is -2.14. The second kappa shape index (κ2) is 9.01. The minimum Gasteiger partial charge on any atom is -0.496 e. The Bertz CT molecular complexity index is 1030. The average molecular weight is 410 g/mol. The number of benzene rings is 3. The average Bonchev–Trinajstić information content (AvgIpc) is 2.67. The molecule has 0 aliphatic rings. The fourth-order valence-corrected chi connectivity index (χ4v) is 3.40. The number of aryl methyl sites for hydroxylation is 3. The van der Waals surface area contributed by atoms with E-state index in [-0.39, 0.29) is 5.91 Å². The van der Waals surface area contributed by atoms with Gasteiger partial charge in [-0.05, 0) is 86.0 Å². The maximum absolute atomic E-state index is 12.7. The van der Waals surface area contributed by atoms with Crippen LogP contribution in [0, 0.1) is 20.8 Å². The van der Waals surface area contributed by atoms with Crippen molar-refractivity contribution in [2.75, 3.05) is 12.4 Å². The summed E-state index contributed by atoms with van der Waals surface area (Å²) in [5.74, 6) is 1.26. The molecule has 0 spiro atoms. The summed E-state index contributed by atoms with van der Waals surface area (Å²) in [7, 11) is 1.60. The van der Waals surface area contributed by atoms with Crippen molar-refractivity contribution in [3.8, 4) is 11.5 Å². The van der Waals surface area contributed by atoms with E-state index < -0.39 is 0 Å². The number of amides is 1. The lowest BCUT2D eigenvalue weighted by Crippen LogP contribution is -2.13. The maximum Gasteiger partial charge on any atom is 0.255 e. The first-order valence-corrected chi connectivity index (χ1v) is 9.69. The third kappa shape index (κ3) is 5.30. The molecule has 4 nitrogen and oxygen atoms in total. The van der Waals surface area contributed by atoms with Gasteiger partial charge in [0.15, 0.2) is 0 Å². The summed E-state index contributed by atoms with van der Waals surface area (Å²) in [6, 6.07) is 16.7. The highest BCUT2D eigenvalue weighted by Crippen LogP contribution is 2.25. The van der Waals surface area contributed by atoms with Gasteiger partial charge in [-0.2, -0.15) is 0 Å². The van der Waals surface area contributed by atoms with Gasteiger partial charge in [0.2, 0.25) is 0 Å². The van der Waals surface area contributed by atoms with Crippen molar-refractivity contribution in [3.05, 3.63) is 87.4 Å². The molecule has 0 heterocycles. The van der Waals surface area contributed by atoms with E-state index in [2.05, 4.69) is 11.4 Å². The molecule has 29 heavy (non-hydrogen) atoms. The first-order chi connectivity index (χ1) is 13.9. The molecule has 5 heteroatoms. The van der Waals surface area contributed by atoms with Gasteiger partial charge in [0.05, 0.1) is 7.11 Å². The van der Waals surface area contributed by atoms with Crippen LogP contribution in [0.15, 0.2) is 54.6 Å². The fraction of sp³-hybridized carbons (Fsp3) is 0.208. The fourth-order valence-electron chi connectivity index (χ4n) is 3.17. The van der Waals surface area contributed by atoms with Gasteiger partial charge in [-0.1, -0.05) is 17.7 Å². The molecule has 3 aromatic carbocycles. The number of hydrogen-bond acceptors (Lipinski definition) is 3. The second-order valence-corrected chi connectivity index (χ2v) is 7.49. The van der Waals surface area contributed by atoms with E-state index in [9.17, 15) is 4.79 Å². The van der Waals surface area contributed by atoms with E-state index in [0.717, 1.165) is 33.7 Å². The van der Waals surface area contributed by atoms with Gasteiger partial charge in [-0.3, -0.25) is 4.79 Å². The zero-order chi connectivity index (χ0) is 21.0. The molecule has 0 radical (unpaired) electrons. The molecule has 0 aliphatic heterocycles. The largest absolute Gasteiger partial charge is 0.496 e. The van der Waals surface area contributed by atoms with E-state index in [1.54, 1.807) is 37.4 Å². The lowest BCUT2D eigenvalue weighted by atomic mass is 10.1. The maximum atomic E-state index is 12.7. The van der Waals surface area contributed by atoms with Crippen molar-refractivity contribution >= 4 is 23.2 Å². The normalized spacial score (nSPS) is 10.5. The van der Waals surface area contributed by atoms with Gasteiger partial charge in [0.1, 0.15) is 18.1 Å². The topological polar surface area (TPSA) is 47.6 Å². The number of anilines is 1. The first-order valence-electron chi connectivity index (χ1n) is 9.31. The Morgan fingerprint density at radius 1 is 0.966 bits per heavy atom. The number of methoxy groups -OCH3 is 1. The molecular weight excluding hydrogens is 386 g/mol. The zero-order valence-electron chi connectivity index (χ0n) is 17.0. The third-order valence-electron chi connectivity index (χ3n) is 4.57. The van der Waals surface area contributed by atoms with Crippen LogP contribution in [0.1, 0.15) is 32.6 Å². The van der Waals surface area contributed by atoms with Gasteiger partial charge >= 0.3 is 0 Å². The van der Waals surface area contributed by atoms with Crippen molar-refractivity contribution in [2.24, 2.45) is 0 Å². The van der Waals surface area contributed by atoms with E-state index in [1.807, 2.05) is 39.0 Å². The van der Waals surface area contributed by atoms with Gasteiger partial charge in [-0.15, -0.1) is 0 Å². The summed E-state index contributed by atoms with van der Waals surface area (Å²) in [6.45, 7) is 6.26. The van der Waals surface area contributed by atoms with Gasteiger partial charge in [0, 0.05) is 21.8 Å². The molecule has 0 unspecified atom stereocenters. The summed E-state index contributed by atoms with van der Waals surface area (Å²) in [6.07, 6.45) is 0. The number of ether oxygens (including phenoxy) is 2. The molecule has 0 fully saturated rings. The third-order valence-corrected chi connectivity index (χ3v) is 4.80. The first kappa shape index (κ1) is 20.7. The number of carbonyl (C=O) groups excluding carboxylic acids is 1. The SMILES string of the molecule is COc1ccc(C(=O)Nc2ccc(Cl)cc2C)cc1COc1cc(C)cc(C)c1. The van der Waals surface area contributed by atoms with Gasteiger partial charge < -0.3 is 14.8 Å². The summed E-state index contributed by atoms with van der Waals surface area (Å²) >= 11 is 5.99. The van der Waals surface area contributed by atoms with Crippen LogP contribution in [0.3, 0.4) is 0 Å². The van der Waals surface area contributed by atoms with Crippen molar-refractivity contribution in [1.82, 2.24) is 0 Å². The number of hydrogen-bond donors (Lipinski definition) is 1. The number of rotatable bonds is 6. The van der Waals surface area contributed by atoms with Crippen LogP contribution in [-0.4, -0.2) is 13.0 Å². The van der Waals surface area contributed by atoms with Crippen LogP contribution in [0.25, 0.3) is 0 Å². The van der Waals surface area contributed by atoms with Crippen molar-refractivity contribution in [2.45, 2.75) is 27.4 Å². The monoisotopic (exact) mass is 409 g/mol. The van der Waals surface area contributed by atoms with Crippen LogP contribution >= 0.6 is 11.6 Å². The Morgan fingerprint density at radius 3 is 2.34 bits per heavy atom. The molecule has 1 amide bonds. The molecule has 0 bridgehead atoms. The van der Waals surface area contributed by atoms with E-state index in [1.165, 1.54) is 0 Å². The van der Waals surface area contributed by atoms with Crippen LogP contribution in [0.2, 0.25) is 5.02 Å². The highest BCUT2D eigenvalue weighted by Gasteiger charge is 2.12. The molecule has 150 valence electrons. The highest BCUT2D eigenvalue weighted by molar-refractivity contribution is 6.30. The van der Waals surface area contributed by atoms with E-state index in [4.69, 9.17) is 21.1 Å². The van der Waals surface area contributed by atoms with Crippen LogP contribution in [-0.2, 0) is 6.61 Å². The molecule has 0 atom stereocenters. The molecule has 0 saturated carbocycles. The summed E-state index contributed by atoms with van der Waals surface area (Å²) in [5, 5.41) is 3.56. The molecule has 0 aromatic heterocycles. The minimum atomic E-state index is -0.203. The summed E-state index contributed by atoms with van der Waals surface area (Å²) < 4.78 is 11.4. The Morgan fingerprint density at radius 2 is 1.69 bits per heavy atom. The van der Waals surface area contributed by atoms with Gasteiger partial charge in [0.25, 0.3) is 5.91 Å². The highest BCUT2D eigenvalue weighted by atomic mass is 35.5. The quantitative estimate of drug-likeness (QED) is 0.534. The van der Waals surface area contributed by atoms with Crippen LogP contribution in [0.4, 0.5) is 5.69 Å².